The number of pyridine rings is 1. The summed E-state index contributed by atoms with van der Waals surface area (Å²) < 4.78 is 3.08. The highest BCUT2D eigenvalue weighted by Gasteiger charge is 2.08. The summed E-state index contributed by atoms with van der Waals surface area (Å²) in [4.78, 5) is 22.6. The van der Waals surface area contributed by atoms with Crippen LogP contribution in [0.5, 0.6) is 0 Å². The number of aryl methyl sites for hydroxylation is 2. The molecular weight excluding hydrogens is 246 g/mol. The Morgan fingerprint density at radius 3 is 2.74 bits per heavy atom. The number of carbonyl (C=O) groups is 1. The van der Waals surface area contributed by atoms with E-state index in [1.165, 1.54) is 22.9 Å². The summed E-state index contributed by atoms with van der Waals surface area (Å²) in [5.41, 5.74) is 1.67. The predicted molar refractivity (Wildman–Crippen MR) is 69.3 cm³/mol. The second-order valence-corrected chi connectivity index (χ2v) is 4.29. The Kier molecular flexibility index (Phi) is 3.50. The lowest BCUT2D eigenvalue weighted by Gasteiger charge is -2.06. The summed E-state index contributed by atoms with van der Waals surface area (Å²) >= 11 is 0. The Bertz CT molecular complexity index is 670. The summed E-state index contributed by atoms with van der Waals surface area (Å²) in [7, 11) is 1.81. The molecule has 0 fully saturated rings. The van der Waals surface area contributed by atoms with Gasteiger partial charge in [0.2, 0.25) is 0 Å². The third kappa shape index (κ3) is 2.73. The molecule has 0 amide bonds. The molecule has 6 heteroatoms. The molecule has 19 heavy (non-hydrogen) atoms. The van der Waals surface area contributed by atoms with Crippen LogP contribution in [0.4, 0.5) is 0 Å². The molecule has 0 radical (unpaired) electrons. The van der Waals surface area contributed by atoms with Crippen molar-refractivity contribution in [3.05, 3.63) is 51.7 Å². The van der Waals surface area contributed by atoms with Gasteiger partial charge in [0, 0.05) is 19.3 Å². The Hall–Kier alpha value is -2.37. The SMILES string of the molecule is CCc1cc(Cn2cc(C(=O)O)ccc2=O)n(C)n1. The summed E-state index contributed by atoms with van der Waals surface area (Å²) in [6, 6.07) is 4.49. The molecule has 0 aliphatic heterocycles. The second-order valence-electron chi connectivity index (χ2n) is 4.29. The van der Waals surface area contributed by atoms with E-state index in [4.69, 9.17) is 5.11 Å². The number of carboxylic acid groups (broad SMARTS) is 1. The highest BCUT2D eigenvalue weighted by molar-refractivity contribution is 5.87. The van der Waals surface area contributed by atoms with Gasteiger partial charge in [-0.3, -0.25) is 9.48 Å². The molecule has 0 bridgehead atoms. The molecule has 0 saturated heterocycles. The van der Waals surface area contributed by atoms with E-state index in [0.717, 1.165) is 17.8 Å². The van der Waals surface area contributed by atoms with Crippen molar-refractivity contribution >= 4 is 5.97 Å². The molecule has 0 aliphatic carbocycles. The fourth-order valence-corrected chi connectivity index (χ4v) is 1.85. The third-order valence-electron chi connectivity index (χ3n) is 2.95. The number of aromatic carboxylic acids is 1. The molecule has 6 nitrogen and oxygen atoms in total. The van der Waals surface area contributed by atoms with Gasteiger partial charge in [-0.2, -0.15) is 5.10 Å². The first-order valence-electron chi connectivity index (χ1n) is 5.97. The average Bonchev–Trinajstić information content (AvgIpc) is 2.72. The Morgan fingerprint density at radius 1 is 1.42 bits per heavy atom. The van der Waals surface area contributed by atoms with Crippen molar-refractivity contribution in [2.75, 3.05) is 0 Å². The zero-order valence-electron chi connectivity index (χ0n) is 10.8. The first-order valence-corrected chi connectivity index (χ1v) is 5.97. The van der Waals surface area contributed by atoms with Gasteiger partial charge in [0.05, 0.1) is 23.5 Å². The Balaban J connectivity index is 2.37. The van der Waals surface area contributed by atoms with Gasteiger partial charge in [-0.15, -0.1) is 0 Å². The molecule has 0 atom stereocenters. The molecule has 2 rings (SSSR count). The van der Waals surface area contributed by atoms with E-state index in [9.17, 15) is 9.59 Å². The van der Waals surface area contributed by atoms with E-state index < -0.39 is 5.97 Å². The maximum Gasteiger partial charge on any atom is 0.337 e. The zero-order valence-corrected chi connectivity index (χ0v) is 10.8. The highest BCUT2D eigenvalue weighted by Crippen LogP contribution is 2.06. The fourth-order valence-electron chi connectivity index (χ4n) is 1.85. The molecule has 0 aromatic carbocycles. The van der Waals surface area contributed by atoms with E-state index in [1.807, 2.05) is 13.0 Å². The summed E-state index contributed by atoms with van der Waals surface area (Å²) in [6.45, 7) is 2.31. The van der Waals surface area contributed by atoms with Crippen molar-refractivity contribution in [1.82, 2.24) is 14.3 Å². The normalized spacial score (nSPS) is 10.6. The van der Waals surface area contributed by atoms with Gasteiger partial charge in [-0.05, 0) is 18.6 Å². The molecule has 0 aliphatic rings. The summed E-state index contributed by atoms with van der Waals surface area (Å²) in [5.74, 6) is -1.05. The number of hydrogen-bond acceptors (Lipinski definition) is 3. The van der Waals surface area contributed by atoms with Gasteiger partial charge in [0.15, 0.2) is 0 Å². The lowest BCUT2D eigenvalue weighted by atomic mass is 10.2. The molecule has 0 saturated carbocycles. The van der Waals surface area contributed by atoms with Gasteiger partial charge in [-0.25, -0.2) is 4.79 Å². The number of aromatic nitrogens is 3. The van der Waals surface area contributed by atoms with Crippen molar-refractivity contribution in [3.63, 3.8) is 0 Å². The van der Waals surface area contributed by atoms with Gasteiger partial charge in [0.25, 0.3) is 5.56 Å². The maximum atomic E-state index is 11.7. The molecule has 0 spiro atoms. The molecular formula is C13H15N3O3. The minimum Gasteiger partial charge on any atom is -0.478 e. The van der Waals surface area contributed by atoms with Crippen LogP contribution in [0.15, 0.2) is 29.2 Å². The Labute approximate surface area is 109 Å². The topological polar surface area (TPSA) is 77.1 Å². The van der Waals surface area contributed by atoms with Crippen molar-refractivity contribution in [2.24, 2.45) is 7.05 Å². The number of hydrogen-bond donors (Lipinski definition) is 1. The molecule has 2 heterocycles. The highest BCUT2D eigenvalue weighted by atomic mass is 16.4. The standard InChI is InChI=1S/C13H15N3O3/c1-3-10-6-11(15(2)14-10)8-16-7-9(13(18)19)4-5-12(16)17/h4-7H,3,8H2,1-2H3,(H,18,19). The third-order valence-corrected chi connectivity index (χ3v) is 2.95. The Morgan fingerprint density at radius 2 is 2.16 bits per heavy atom. The number of carboxylic acids is 1. The number of rotatable bonds is 4. The van der Waals surface area contributed by atoms with E-state index in [0.29, 0.717) is 6.54 Å². The molecule has 0 unspecified atom stereocenters. The molecule has 2 aromatic heterocycles. The van der Waals surface area contributed by atoms with Crippen molar-refractivity contribution < 1.29 is 9.90 Å². The van der Waals surface area contributed by atoms with E-state index in [2.05, 4.69) is 5.10 Å². The van der Waals surface area contributed by atoms with Crippen LogP contribution in [-0.2, 0) is 20.0 Å². The fraction of sp³-hybridized carbons (Fsp3) is 0.308. The predicted octanol–water partition coefficient (Wildman–Crippen LogP) is 0.891. The minimum absolute atomic E-state index is 0.0949. The van der Waals surface area contributed by atoms with Crippen LogP contribution in [0.25, 0.3) is 0 Å². The largest absolute Gasteiger partial charge is 0.478 e. The van der Waals surface area contributed by atoms with E-state index in [-0.39, 0.29) is 11.1 Å². The van der Waals surface area contributed by atoms with Gasteiger partial charge in [-0.1, -0.05) is 6.92 Å². The van der Waals surface area contributed by atoms with E-state index in [1.54, 1.807) is 11.7 Å². The van der Waals surface area contributed by atoms with E-state index >= 15 is 0 Å². The zero-order chi connectivity index (χ0) is 14.0. The maximum absolute atomic E-state index is 11.7. The van der Waals surface area contributed by atoms with Gasteiger partial charge in [0.1, 0.15) is 0 Å². The lowest BCUT2D eigenvalue weighted by Crippen LogP contribution is -2.21. The quantitative estimate of drug-likeness (QED) is 0.886. The first kappa shape index (κ1) is 13.1. The molecule has 1 N–H and O–H groups in total. The molecule has 100 valence electrons. The van der Waals surface area contributed by atoms with Crippen LogP contribution in [0.1, 0.15) is 28.7 Å². The summed E-state index contributed by atoms with van der Waals surface area (Å²) in [5, 5.41) is 13.2. The monoisotopic (exact) mass is 261 g/mol. The van der Waals surface area contributed by atoms with Crippen LogP contribution in [0.2, 0.25) is 0 Å². The first-order chi connectivity index (χ1) is 9.01. The lowest BCUT2D eigenvalue weighted by molar-refractivity contribution is 0.0696. The smallest absolute Gasteiger partial charge is 0.337 e. The van der Waals surface area contributed by atoms with Crippen molar-refractivity contribution in [3.8, 4) is 0 Å². The van der Waals surface area contributed by atoms with Crippen molar-refractivity contribution in [1.29, 1.82) is 0 Å². The average molecular weight is 261 g/mol. The van der Waals surface area contributed by atoms with Crippen LogP contribution >= 0.6 is 0 Å². The molecule has 2 aromatic rings. The second kappa shape index (κ2) is 5.09. The van der Waals surface area contributed by atoms with Gasteiger partial charge >= 0.3 is 5.97 Å². The van der Waals surface area contributed by atoms with Crippen LogP contribution in [0, 0.1) is 0 Å². The van der Waals surface area contributed by atoms with Crippen LogP contribution in [0.3, 0.4) is 0 Å². The van der Waals surface area contributed by atoms with Crippen LogP contribution < -0.4 is 5.56 Å². The van der Waals surface area contributed by atoms with Gasteiger partial charge < -0.3 is 9.67 Å². The minimum atomic E-state index is -1.05. The van der Waals surface area contributed by atoms with Crippen LogP contribution in [-0.4, -0.2) is 25.4 Å². The number of nitrogens with zero attached hydrogens (tertiary/aromatic N) is 3. The summed E-state index contributed by atoms with van der Waals surface area (Å²) in [6.07, 6.45) is 2.17. The van der Waals surface area contributed by atoms with Crippen molar-refractivity contribution in [2.45, 2.75) is 19.9 Å².